The van der Waals surface area contributed by atoms with Crippen LogP contribution in [0.1, 0.15) is 31.2 Å². The van der Waals surface area contributed by atoms with Crippen molar-refractivity contribution in [2.45, 2.75) is 31.7 Å². The van der Waals surface area contributed by atoms with E-state index in [0.717, 1.165) is 24.5 Å². The van der Waals surface area contributed by atoms with E-state index in [-0.39, 0.29) is 11.7 Å². The number of hydrogen-bond donors (Lipinski definition) is 2. The maximum atomic E-state index is 13.9. The molecule has 3 heterocycles. The Morgan fingerprint density at radius 2 is 1.77 bits per heavy atom. The van der Waals surface area contributed by atoms with Gasteiger partial charge in [0.25, 0.3) is 0 Å². The van der Waals surface area contributed by atoms with Crippen molar-refractivity contribution in [3.63, 3.8) is 0 Å². The molecule has 2 aromatic heterocycles. The quantitative estimate of drug-likeness (QED) is 0.613. The van der Waals surface area contributed by atoms with Crippen LogP contribution in [-0.4, -0.2) is 39.9 Å². The molecule has 1 atom stereocenters. The second kappa shape index (κ2) is 9.55. The fourth-order valence-electron chi connectivity index (χ4n) is 3.92. The van der Waals surface area contributed by atoms with Gasteiger partial charge in [-0.3, -0.25) is 4.79 Å². The predicted molar refractivity (Wildman–Crippen MR) is 120 cm³/mol. The first-order valence-corrected chi connectivity index (χ1v) is 10.5. The zero-order chi connectivity index (χ0) is 21.6. The summed E-state index contributed by atoms with van der Waals surface area (Å²) >= 11 is 0. The van der Waals surface area contributed by atoms with Crippen LogP contribution in [0.5, 0.6) is 0 Å². The van der Waals surface area contributed by atoms with Crippen molar-refractivity contribution in [1.29, 1.82) is 0 Å². The van der Waals surface area contributed by atoms with E-state index >= 15 is 0 Å². The average Bonchev–Trinajstić information content (AvgIpc) is 2.81. The summed E-state index contributed by atoms with van der Waals surface area (Å²) in [6.07, 6.45) is 5.30. The number of amides is 1. The van der Waals surface area contributed by atoms with Crippen molar-refractivity contribution in [2.24, 2.45) is 0 Å². The van der Waals surface area contributed by atoms with Gasteiger partial charge in [-0.15, -0.1) is 0 Å². The van der Waals surface area contributed by atoms with E-state index in [2.05, 4.69) is 26.7 Å². The minimum absolute atomic E-state index is 0.00561. The summed E-state index contributed by atoms with van der Waals surface area (Å²) in [5.74, 6) is 1.52. The van der Waals surface area contributed by atoms with Crippen molar-refractivity contribution in [3.05, 3.63) is 78.4 Å². The molecule has 0 bridgehead atoms. The lowest BCUT2D eigenvalue weighted by Crippen LogP contribution is -2.45. The Bertz CT molecular complexity index is 1020. The molecule has 7 heteroatoms. The molecular weight excluding hydrogens is 393 g/mol. The summed E-state index contributed by atoms with van der Waals surface area (Å²) in [7, 11) is 0. The minimum Gasteiger partial charge on any atom is -0.372 e. The Morgan fingerprint density at radius 3 is 2.52 bits per heavy atom. The van der Waals surface area contributed by atoms with E-state index in [0.29, 0.717) is 24.7 Å². The molecule has 0 radical (unpaired) electrons. The maximum Gasteiger partial charge on any atom is 0.244 e. The summed E-state index contributed by atoms with van der Waals surface area (Å²) < 4.78 is 13.9. The lowest BCUT2D eigenvalue weighted by atomic mass is 9.89. The second-order valence-electron chi connectivity index (χ2n) is 7.76. The van der Waals surface area contributed by atoms with Gasteiger partial charge in [0.1, 0.15) is 23.5 Å². The Morgan fingerprint density at radius 1 is 1.03 bits per heavy atom. The monoisotopic (exact) mass is 419 g/mol. The number of hydrogen-bond acceptors (Lipinski definition) is 5. The molecule has 0 saturated carbocycles. The number of carbonyl (C=O) groups excluding carboxylic acids is 1. The first kappa shape index (κ1) is 20.8. The first-order valence-electron chi connectivity index (χ1n) is 10.5. The molecule has 0 aliphatic carbocycles. The van der Waals surface area contributed by atoms with Crippen molar-refractivity contribution in [3.8, 4) is 0 Å². The molecule has 1 saturated heterocycles. The number of piperidine rings is 1. The topological polar surface area (TPSA) is 70.2 Å². The maximum absolute atomic E-state index is 13.9. The third-order valence-corrected chi connectivity index (χ3v) is 5.60. The Hall–Kier alpha value is -3.48. The van der Waals surface area contributed by atoms with Gasteiger partial charge in [0.15, 0.2) is 0 Å². The summed E-state index contributed by atoms with van der Waals surface area (Å²) in [6.45, 7) is 3.13. The number of likely N-dealkylation sites (tertiary alicyclic amines) is 1. The van der Waals surface area contributed by atoms with Gasteiger partial charge in [-0.2, -0.15) is 0 Å². The summed E-state index contributed by atoms with van der Waals surface area (Å²) in [4.78, 5) is 23.4. The largest absolute Gasteiger partial charge is 0.372 e. The van der Waals surface area contributed by atoms with Crippen LogP contribution in [0.25, 0.3) is 0 Å². The number of nitrogens with zero attached hydrogens (tertiary/aromatic N) is 3. The smallest absolute Gasteiger partial charge is 0.244 e. The molecule has 6 nitrogen and oxygen atoms in total. The molecule has 4 rings (SSSR count). The molecular formula is C24H26FN5O. The van der Waals surface area contributed by atoms with Crippen molar-refractivity contribution in [2.75, 3.05) is 23.7 Å². The predicted octanol–water partition coefficient (Wildman–Crippen LogP) is 4.57. The summed E-state index contributed by atoms with van der Waals surface area (Å²) in [5.41, 5.74) is 1.56. The van der Waals surface area contributed by atoms with Crippen LogP contribution in [-0.2, 0) is 4.79 Å². The molecule has 2 N–H and O–H groups in total. The average molecular weight is 420 g/mol. The lowest BCUT2D eigenvalue weighted by Gasteiger charge is -2.34. The van der Waals surface area contributed by atoms with Crippen LogP contribution in [0.3, 0.4) is 0 Å². The number of nitrogens with one attached hydrogen (secondary N) is 2. The zero-order valence-electron chi connectivity index (χ0n) is 17.5. The number of pyridine rings is 2. The van der Waals surface area contributed by atoms with E-state index in [9.17, 15) is 9.18 Å². The number of carbonyl (C=O) groups is 1. The van der Waals surface area contributed by atoms with Crippen molar-refractivity contribution >= 4 is 23.2 Å². The molecule has 1 amide bonds. The van der Waals surface area contributed by atoms with Gasteiger partial charge in [-0.1, -0.05) is 18.2 Å². The highest BCUT2D eigenvalue weighted by Crippen LogP contribution is 2.30. The van der Waals surface area contributed by atoms with Crippen LogP contribution in [0.2, 0.25) is 0 Å². The van der Waals surface area contributed by atoms with E-state index in [1.54, 1.807) is 37.5 Å². The van der Waals surface area contributed by atoms with Crippen molar-refractivity contribution in [1.82, 2.24) is 14.9 Å². The van der Waals surface area contributed by atoms with Crippen LogP contribution < -0.4 is 10.6 Å². The van der Waals surface area contributed by atoms with Gasteiger partial charge in [-0.25, -0.2) is 14.4 Å². The second-order valence-corrected chi connectivity index (χ2v) is 7.76. The van der Waals surface area contributed by atoms with Gasteiger partial charge in [-0.05, 0) is 67.6 Å². The molecule has 160 valence electrons. The van der Waals surface area contributed by atoms with Gasteiger partial charge in [0, 0.05) is 25.5 Å². The molecule has 1 aliphatic rings. The number of halogens is 1. The normalized spacial score (nSPS) is 15.4. The molecule has 0 unspecified atom stereocenters. The van der Waals surface area contributed by atoms with Gasteiger partial charge >= 0.3 is 0 Å². The van der Waals surface area contributed by atoms with Gasteiger partial charge in [0.2, 0.25) is 5.91 Å². The molecule has 1 aliphatic heterocycles. The third kappa shape index (κ3) is 5.17. The fraction of sp³-hybridized carbons (Fsp3) is 0.292. The zero-order valence-corrected chi connectivity index (χ0v) is 17.5. The van der Waals surface area contributed by atoms with Gasteiger partial charge < -0.3 is 15.5 Å². The number of aromatic nitrogens is 2. The molecule has 0 spiro atoms. The van der Waals surface area contributed by atoms with E-state index in [4.69, 9.17) is 0 Å². The number of anilines is 3. The Labute approximate surface area is 181 Å². The van der Waals surface area contributed by atoms with E-state index in [1.165, 1.54) is 11.6 Å². The van der Waals surface area contributed by atoms with Crippen LogP contribution in [0.4, 0.5) is 21.7 Å². The molecule has 1 fully saturated rings. The lowest BCUT2D eigenvalue weighted by molar-refractivity contribution is -0.132. The van der Waals surface area contributed by atoms with Crippen LogP contribution in [0.15, 0.2) is 67.0 Å². The minimum atomic E-state index is -0.483. The van der Waals surface area contributed by atoms with Gasteiger partial charge in [0.05, 0.1) is 5.69 Å². The SMILES string of the molecule is C[C@H](Nc1ccccc1F)C(=O)N1CCC(c2ccnc(Nc3ccccn3)c2)CC1. The Kier molecular flexibility index (Phi) is 6.40. The highest BCUT2D eigenvalue weighted by Gasteiger charge is 2.27. The standard InChI is InChI=1S/C24H26FN5O/c1-17(28-21-7-3-2-6-20(21)25)24(31)30-14-10-18(11-15-30)19-9-13-27-23(16-19)29-22-8-4-5-12-26-22/h2-9,12-13,16-18,28H,10-11,14-15H2,1H3,(H,26,27,29)/t17-/m0/s1. The Balaban J connectivity index is 1.33. The number of benzene rings is 1. The highest BCUT2D eigenvalue weighted by molar-refractivity contribution is 5.84. The highest BCUT2D eigenvalue weighted by atomic mass is 19.1. The van der Waals surface area contributed by atoms with Crippen LogP contribution >= 0.6 is 0 Å². The molecule has 31 heavy (non-hydrogen) atoms. The number of rotatable bonds is 6. The number of para-hydroxylation sites is 1. The summed E-state index contributed by atoms with van der Waals surface area (Å²) in [6, 6.07) is 15.7. The molecule has 3 aromatic rings. The fourth-order valence-corrected chi connectivity index (χ4v) is 3.92. The van der Waals surface area contributed by atoms with Crippen molar-refractivity contribution < 1.29 is 9.18 Å². The van der Waals surface area contributed by atoms with Crippen LogP contribution in [0, 0.1) is 5.82 Å². The molecule has 1 aromatic carbocycles. The van der Waals surface area contributed by atoms with E-state index in [1.807, 2.05) is 29.2 Å². The first-order chi connectivity index (χ1) is 15.1. The van der Waals surface area contributed by atoms with E-state index < -0.39 is 6.04 Å². The summed E-state index contributed by atoms with van der Waals surface area (Å²) in [5, 5.41) is 6.22. The third-order valence-electron chi connectivity index (χ3n) is 5.60.